The van der Waals surface area contributed by atoms with E-state index < -0.39 is 24.0 Å². The Kier molecular flexibility index (Phi) is 6.63. The third-order valence-electron chi connectivity index (χ3n) is 4.42. The number of nitrogens with zero attached hydrogens (tertiary/aromatic N) is 1. The summed E-state index contributed by atoms with van der Waals surface area (Å²) < 4.78 is 4.60. The number of aliphatic hydroxyl groups is 1. The van der Waals surface area contributed by atoms with E-state index in [2.05, 4.69) is 32.1 Å². The van der Waals surface area contributed by atoms with Crippen LogP contribution < -0.4 is 5.32 Å². The molecule has 1 heterocycles. The predicted octanol–water partition coefficient (Wildman–Crippen LogP) is 2.13. The number of aromatic nitrogens is 2. The molecule has 3 rings (SSSR count). The van der Waals surface area contributed by atoms with Crippen molar-refractivity contribution in [3.8, 4) is 23.1 Å². The van der Waals surface area contributed by atoms with Crippen LogP contribution in [-0.2, 0) is 9.53 Å². The first kappa shape index (κ1) is 20.8. The highest BCUT2D eigenvalue weighted by Gasteiger charge is 2.26. The van der Waals surface area contributed by atoms with Crippen molar-refractivity contribution in [2.24, 2.45) is 0 Å². The van der Waals surface area contributed by atoms with Crippen LogP contribution in [0.15, 0.2) is 60.8 Å². The Hall–Kier alpha value is -3.89. The van der Waals surface area contributed by atoms with Gasteiger partial charge in [-0.05, 0) is 55.0 Å². The highest BCUT2D eigenvalue weighted by atomic mass is 16.5. The van der Waals surface area contributed by atoms with Crippen molar-refractivity contribution in [1.29, 1.82) is 0 Å². The molecule has 7 heteroatoms. The number of methoxy groups -OCH3 is 1. The van der Waals surface area contributed by atoms with Crippen molar-refractivity contribution in [3.05, 3.63) is 77.5 Å². The second kappa shape index (κ2) is 9.54. The Labute approximate surface area is 174 Å². The lowest BCUT2D eigenvalue weighted by molar-refractivity contribution is -0.145. The summed E-state index contributed by atoms with van der Waals surface area (Å²) >= 11 is 0. The van der Waals surface area contributed by atoms with Gasteiger partial charge in [0.1, 0.15) is 0 Å². The molecule has 7 nitrogen and oxygen atoms in total. The minimum absolute atomic E-state index is 0.346. The lowest BCUT2D eigenvalue weighted by atomic mass is 10.1. The predicted molar refractivity (Wildman–Crippen MR) is 111 cm³/mol. The van der Waals surface area contributed by atoms with Gasteiger partial charge in [-0.25, -0.2) is 4.79 Å². The second-order valence-electron chi connectivity index (χ2n) is 6.59. The second-order valence-corrected chi connectivity index (χ2v) is 6.59. The Balaban J connectivity index is 1.66. The molecule has 0 saturated heterocycles. The molecular weight excluding hydrogens is 382 g/mol. The van der Waals surface area contributed by atoms with Gasteiger partial charge in [0.15, 0.2) is 6.04 Å². The van der Waals surface area contributed by atoms with E-state index >= 15 is 0 Å². The summed E-state index contributed by atoms with van der Waals surface area (Å²) in [6, 6.07) is 15.2. The Morgan fingerprint density at radius 3 is 2.13 bits per heavy atom. The lowest BCUT2D eigenvalue weighted by Gasteiger charge is -2.18. The summed E-state index contributed by atoms with van der Waals surface area (Å²) in [6.07, 6.45) is 0.624. The molecule has 3 N–H and O–H groups in total. The number of esters is 1. The molecule has 0 fully saturated rings. The number of hydrogen-bond donors (Lipinski definition) is 3. The van der Waals surface area contributed by atoms with Crippen LogP contribution in [0.25, 0.3) is 11.3 Å². The summed E-state index contributed by atoms with van der Waals surface area (Å²) in [4.78, 5) is 24.0. The molecule has 1 aromatic heterocycles. The van der Waals surface area contributed by atoms with Gasteiger partial charge in [-0.2, -0.15) is 5.10 Å². The summed E-state index contributed by atoms with van der Waals surface area (Å²) in [5.41, 5.74) is 3.91. The minimum Gasteiger partial charge on any atom is -0.467 e. The van der Waals surface area contributed by atoms with Gasteiger partial charge in [0, 0.05) is 22.9 Å². The molecule has 0 aliphatic heterocycles. The average molecular weight is 403 g/mol. The number of aliphatic hydroxyl groups excluding tert-OH is 1. The zero-order valence-electron chi connectivity index (χ0n) is 16.5. The van der Waals surface area contributed by atoms with E-state index in [1.54, 1.807) is 30.5 Å². The quantitative estimate of drug-likeness (QED) is 0.447. The largest absolute Gasteiger partial charge is 0.467 e. The number of rotatable bonds is 5. The first-order chi connectivity index (χ1) is 14.5. The van der Waals surface area contributed by atoms with Gasteiger partial charge in [0.05, 0.1) is 18.9 Å². The SMILES string of the molecule is COC(=O)C(NC(=O)c1ccc(C#Cc2ccc(-c3ccn[nH]3)cc2)cc1)C(C)O. The molecular formula is C23H21N3O4. The van der Waals surface area contributed by atoms with Crippen molar-refractivity contribution in [1.82, 2.24) is 15.5 Å². The van der Waals surface area contributed by atoms with E-state index in [-0.39, 0.29) is 0 Å². The highest BCUT2D eigenvalue weighted by molar-refractivity contribution is 5.97. The van der Waals surface area contributed by atoms with Gasteiger partial charge in [-0.3, -0.25) is 9.89 Å². The van der Waals surface area contributed by atoms with Crippen molar-refractivity contribution in [2.75, 3.05) is 7.11 Å². The van der Waals surface area contributed by atoms with Crippen LogP contribution in [0.5, 0.6) is 0 Å². The summed E-state index contributed by atoms with van der Waals surface area (Å²) in [6.45, 7) is 1.40. The first-order valence-corrected chi connectivity index (χ1v) is 9.26. The van der Waals surface area contributed by atoms with Crippen LogP contribution in [0.4, 0.5) is 0 Å². The van der Waals surface area contributed by atoms with Gasteiger partial charge in [0.25, 0.3) is 5.91 Å². The molecule has 3 aromatic rings. The van der Waals surface area contributed by atoms with Crippen molar-refractivity contribution < 1.29 is 19.4 Å². The Bertz CT molecular complexity index is 1060. The molecule has 0 saturated carbocycles. The molecule has 2 atom stereocenters. The third kappa shape index (κ3) is 5.13. The maximum Gasteiger partial charge on any atom is 0.331 e. The number of ether oxygens (including phenoxy) is 1. The third-order valence-corrected chi connectivity index (χ3v) is 4.42. The van der Waals surface area contributed by atoms with E-state index in [4.69, 9.17) is 0 Å². The fraction of sp³-hybridized carbons (Fsp3) is 0.174. The standard InChI is InChI=1S/C23H21N3O4/c1-15(27)21(23(29)30-2)25-22(28)19-11-7-17(8-12-19)4-3-16-5-9-18(10-6-16)20-13-14-24-26-20/h5-15,21,27H,1-2H3,(H,24,26)(H,25,28). The molecule has 152 valence electrons. The van der Waals surface area contributed by atoms with E-state index in [0.29, 0.717) is 5.56 Å². The van der Waals surface area contributed by atoms with Crippen LogP contribution in [0, 0.1) is 11.8 Å². The van der Waals surface area contributed by atoms with Gasteiger partial charge >= 0.3 is 5.97 Å². The van der Waals surface area contributed by atoms with Crippen LogP contribution in [0.3, 0.4) is 0 Å². The number of benzene rings is 2. The first-order valence-electron chi connectivity index (χ1n) is 9.26. The minimum atomic E-state index is -1.13. The van der Waals surface area contributed by atoms with E-state index in [9.17, 15) is 14.7 Å². The fourth-order valence-electron chi connectivity index (χ4n) is 2.73. The molecule has 0 spiro atoms. The molecule has 2 aromatic carbocycles. The van der Waals surface area contributed by atoms with Gasteiger partial charge in [-0.1, -0.05) is 24.0 Å². The topological polar surface area (TPSA) is 104 Å². The summed E-state index contributed by atoms with van der Waals surface area (Å²) in [5, 5.41) is 19.0. The number of carbonyl (C=O) groups is 2. The van der Waals surface area contributed by atoms with E-state index in [1.165, 1.54) is 14.0 Å². The maximum absolute atomic E-state index is 12.3. The number of hydrogen-bond acceptors (Lipinski definition) is 5. The van der Waals surface area contributed by atoms with Gasteiger partial charge in [-0.15, -0.1) is 0 Å². The van der Waals surface area contributed by atoms with Crippen LogP contribution in [0.1, 0.15) is 28.4 Å². The molecule has 1 amide bonds. The molecule has 2 unspecified atom stereocenters. The normalized spacial score (nSPS) is 12.2. The zero-order valence-corrected chi connectivity index (χ0v) is 16.5. The highest BCUT2D eigenvalue weighted by Crippen LogP contribution is 2.16. The molecule has 0 bridgehead atoms. The number of H-pyrrole nitrogens is 1. The van der Waals surface area contributed by atoms with Gasteiger partial charge in [0.2, 0.25) is 0 Å². The monoisotopic (exact) mass is 403 g/mol. The fourth-order valence-corrected chi connectivity index (χ4v) is 2.73. The molecule has 0 aliphatic carbocycles. The van der Waals surface area contributed by atoms with Crippen LogP contribution in [0.2, 0.25) is 0 Å². The average Bonchev–Trinajstić information content (AvgIpc) is 3.31. The zero-order chi connectivity index (χ0) is 21.5. The van der Waals surface area contributed by atoms with Crippen molar-refractivity contribution in [3.63, 3.8) is 0 Å². The van der Waals surface area contributed by atoms with E-state index in [1.807, 2.05) is 30.3 Å². The van der Waals surface area contributed by atoms with Crippen LogP contribution >= 0.6 is 0 Å². The lowest BCUT2D eigenvalue weighted by Crippen LogP contribution is -2.48. The summed E-state index contributed by atoms with van der Waals surface area (Å²) in [5.74, 6) is 4.94. The number of nitrogens with one attached hydrogen (secondary N) is 2. The molecule has 30 heavy (non-hydrogen) atoms. The van der Waals surface area contributed by atoms with Crippen molar-refractivity contribution in [2.45, 2.75) is 19.1 Å². The van der Waals surface area contributed by atoms with Crippen molar-refractivity contribution >= 4 is 11.9 Å². The molecule has 0 aliphatic rings. The number of carbonyl (C=O) groups excluding carboxylic acids is 2. The Morgan fingerprint density at radius 2 is 1.63 bits per heavy atom. The number of amides is 1. The Morgan fingerprint density at radius 1 is 1.03 bits per heavy atom. The van der Waals surface area contributed by atoms with Gasteiger partial charge < -0.3 is 15.2 Å². The summed E-state index contributed by atoms with van der Waals surface area (Å²) in [7, 11) is 1.20. The smallest absolute Gasteiger partial charge is 0.331 e. The van der Waals surface area contributed by atoms with Crippen LogP contribution in [-0.4, -0.2) is 46.4 Å². The maximum atomic E-state index is 12.3. The van der Waals surface area contributed by atoms with E-state index in [0.717, 1.165) is 22.4 Å². The number of aromatic amines is 1. The molecule has 0 radical (unpaired) electrons.